The second-order valence-electron chi connectivity index (χ2n) is 8.76. The van der Waals surface area contributed by atoms with Gasteiger partial charge in [0.05, 0.1) is 12.3 Å². The minimum absolute atomic E-state index is 0.0642. The third-order valence-corrected chi connectivity index (χ3v) is 5.50. The number of nitrogens with zero attached hydrogens (tertiary/aromatic N) is 4. The van der Waals surface area contributed by atoms with E-state index in [1.807, 2.05) is 0 Å². The number of imidazole rings is 1. The molecule has 0 aliphatic heterocycles. The molecular formula is C21H23F6N7O3. The SMILES string of the molecule is CC(C)NC(=O)O[C@H]1C[C@@H](c2cc(Nc3nc(C(F)F)cc4nc(COC(F)(F)F)cn34)n[nH]2)C[C@H]1F. The molecule has 3 atom stereocenters. The fraction of sp³-hybridized carbons (Fsp3) is 0.524. The van der Waals surface area contributed by atoms with Crippen molar-refractivity contribution in [2.45, 2.75) is 70.3 Å². The topological polar surface area (TPSA) is 118 Å². The van der Waals surface area contributed by atoms with Gasteiger partial charge < -0.3 is 15.4 Å². The number of fused-ring (bicyclic) bond motifs is 1. The van der Waals surface area contributed by atoms with Gasteiger partial charge in [-0.2, -0.15) is 5.10 Å². The first-order valence-corrected chi connectivity index (χ1v) is 11.2. The van der Waals surface area contributed by atoms with E-state index in [1.54, 1.807) is 13.8 Å². The maximum absolute atomic E-state index is 14.5. The van der Waals surface area contributed by atoms with Crippen LogP contribution in [0, 0.1) is 0 Å². The molecule has 37 heavy (non-hydrogen) atoms. The standard InChI is InChI=1S/C21H23F6N7O3/c1-9(2)28-20(35)37-15-4-10(3-12(15)22)13-5-16(33-32-13)31-19-30-14(18(23)24)6-17-29-11(7-34(17)19)8-36-21(25,26)27/h5-7,9-10,12,15,18H,3-4,8H2,1-2H3,(H,28,35)(H2,30,31,32,33)/t10-,12+,15-/m0/s1. The van der Waals surface area contributed by atoms with Crippen LogP contribution in [0.3, 0.4) is 0 Å². The summed E-state index contributed by atoms with van der Waals surface area (Å²) in [5.41, 5.74) is -0.397. The lowest BCUT2D eigenvalue weighted by Crippen LogP contribution is -2.35. The van der Waals surface area contributed by atoms with Gasteiger partial charge in [0.15, 0.2) is 5.82 Å². The molecule has 1 amide bonds. The molecular weight excluding hydrogens is 512 g/mol. The number of rotatable bonds is 8. The summed E-state index contributed by atoms with van der Waals surface area (Å²) in [6.07, 6.45) is -9.51. The molecule has 1 aliphatic carbocycles. The Labute approximate surface area is 205 Å². The van der Waals surface area contributed by atoms with E-state index >= 15 is 0 Å². The molecule has 0 saturated heterocycles. The van der Waals surface area contributed by atoms with Gasteiger partial charge in [0.25, 0.3) is 6.43 Å². The summed E-state index contributed by atoms with van der Waals surface area (Å²) in [5.74, 6) is -0.415. The molecule has 202 valence electrons. The van der Waals surface area contributed by atoms with Crippen LogP contribution in [-0.2, 0) is 16.1 Å². The summed E-state index contributed by atoms with van der Waals surface area (Å²) >= 11 is 0. The van der Waals surface area contributed by atoms with Gasteiger partial charge in [-0.1, -0.05) is 0 Å². The molecule has 0 spiro atoms. The van der Waals surface area contributed by atoms with Crippen LogP contribution in [0.15, 0.2) is 18.3 Å². The maximum Gasteiger partial charge on any atom is 0.522 e. The molecule has 1 aliphatic rings. The van der Waals surface area contributed by atoms with Gasteiger partial charge >= 0.3 is 12.5 Å². The number of ether oxygens (including phenoxy) is 2. The van der Waals surface area contributed by atoms with E-state index in [-0.39, 0.29) is 47.9 Å². The number of hydrogen-bond acceptors (Lipinski definition) is 7. The molecule has 0 unspecified atom stereocenters. The lowest BCUT2D eigenvalue weighted by Gasteiger charge is -2.16. The molecule has 4 rings (SSSR count). The lowest BCUT2D eigenvalue weighted by molar-refractivity contribution is -0.330. The number of aromatic amines is 1. The van der Waals surface area contributed by atoms with Gasteiger partial charge in [0, 0.05) is 36.0 Å². The van der Waals surface area contributed by atoms with Crippen molar-refractivity contribution in [1.29, 1.82) is 0 Å². The van der Waals surface area contributed by atoms with Gasteiger partial charge in [0.1, 0.15) is 23.6 Å². The highest BCUT2D eigenvalue weighted by molar-refractivity contribution is 5.67. The van der Waals surface area contributed by atoms with Crippen LogP contribution in [0.4, 0.5) is 42.9 Å². The summed E-state index contributed by atoms with van der Waals surface area (Å²) in [7, 11) is 0. The molecule has 3 N–H and O–H groups in total. The Bertz CT molecular complexity index is 1250. The van der Waals surface area contributed by atoms with Crippen LogP contribution in [0.2, 0.25) is 0 Å². The highest BCUT2D eigenvalue weighted by Gasteiger charge is 2.39. The van der Waals surface area contributed by atoms with Crippen molar-refractivity contribution in [3.8, 4) is 0 Å². The quantitative estimate of drug-likeness (QED) is 0.352. The summed E-state index contributed by atoms with van der Waals surface area (Å²) in [5, 5.41) is 12.1. The van der Waals surface area contributed by atoms with Gasteiger partial charge in [-0.05, 0) is 26.7 Å². The Balaban J connectivity index is 1.50. The molecule has 3 aromatic rings. The smallest absolute Gasteiger partial charge is 0.443 e. The number of alkyl halides is 6. The number of amides is 1. The number of alkyl carbamates (subject to hydrolysis) is 1. The van der Waals surface area contributed by atoms with Crippen molar-refractivity contribution in [2.75, 3.05) is 5.32 Å². The van der Waals surface area contributed by atoms with E-state index in [0.717, 1.165) is 12.3 Å². The van der Waals surface area contributed by atoms with Crippen LogP contribution in [-0.4, -0.2) is 55.3 Å². The molecule has 0 radical (unpaired) electrons. The first-order chi connectivity index (χ1) is 17.4. The average molecular weight is 535 g/mol. The Morgan fingerprint density at radius 3 is 2.68 bits per heavy atom. The Morgan fingerprint density at radius 2 is 2.00 bits per heavy atom. The van der Waals surface area contributed by atoms with Crippen molar-refractivity contribution in [2.24, 2.45) is 0 Å². The first-order valence-electron chi connectivity index (χ1n) is 11.2. The average Bonchev–Trinajstić information content (AvgIpc) is 3.50. The third kappa shape index (κ3) is 6.61. The molecule has 1 fully saturated rings. The normalized spacial score (nSPS) is 20.2. The van der Waals surface area contributed by atoms with Crippen molar-refractivity contribution in [1.82, 2.24) is 29.9 Å². The minimum Gasteiger partial charge on any atom is -0.443 e. The number of nitrogens with one attached hydrogen (secondary N) is 3. The molecule has 3 heterocycles. The number of aromatic nitrogens is 5. The number of carbonyl (C=O) groups is 1. The lowest BCUT2D eigenvalue weighted by atomic mass is 10.0. The monoisotopic (exact) mass is 535 g/mol. The summed E-state index contributed by atoms with van der Waals surface area (Å²) in [6, 6.07) is 2.29. The van der Waals surface area contributed by atoms with Crippen LogP contribution < -0.4 is 10.6 Å². The number of hydrogen-bond donors (Lipinski definition) is 3. The van der Waals surface area contributed by atoms with Gasteiger partial charge in [0.2, 0.25) is 5.95 Å². The Morgan fingerprint density at radius 1 is 1.24 bits per heavy atom. The van der Waals surface area contributed by atoms with Crippen LogP contribution in [0.1, 0.15) is 56.1 Å². The zero-order valence-electron chi connectivity index (χ0n) is 19.5. The fourth-order valence-corrected chi connectivity index (χ4v) is 3.94. The molecule has 0 aromatic carbocycles. The number of carbonyl (C=O) groups excluding carboxylic acids is 1. The number of H-pyrrole nitrogens is 1. The second kappa shape index (κ2) is 10.4. The fourth-order valence-electron chi connectivity index (χ4n) is 3.94. The Hall–Kier alpha value is -3.56. The number of anilines is 2. The van der Waals surface area contributed by atoms with E-state index in [4.69, 9.17) is 4.74 Å². The van der Waals surface area contributed by atoms with E-state index < -0.39 is 43.5 Å². The minimum atomic E-state index is -4.89. The van der Waals surface area contributed by atoms with E-state index in [9.17, 15) is 31.1 Å². The molecule has 3 aromatic heterocycles. The van der Waals surface area contributed by atoms with Gasteiger partial charge in [-0.3, -0.25) is 14.2 Å². The predicted octanol–water partition coefficient (Wildman–Crippen LogP) is 4.89. The summed E-state index contributed by atoms with van der Waals surface area (Å²) < 4.78 is 88.5. The highest BCUT2D eigenvalue weighted by Crippen LogP contribution is 2.38. The largest absolute Gasteiger partial charge is 0.522 e. The van der Waals surface area contributed by atoms with E-state index in [1.165, 1.54) is 10.5 Å². The third-order valence-electron chi connectivity index (χ3n) is 5.50. The highest BCUT2D eigenvalue weighted by atomic mass is 19.4. The van der Waals surface area contributed by atoms with Crippen molar-refractivity contribution in [3.63, 3.8) is 0 Å². The zero-order valence-corrected chi connectivity index (χ0v) is 19.5. The zero-order chi connectivity index (χ0) is 26.9. The van der Waals surface area contributed by atoms with Crippen LogP contribution in [0.25, 0.3) is 5.65 Å². The molecule has 0 bridgehead atoms. The van der Waals surface area contributed by atoms with Crippen molar-refractivity contribution in [3.05, 3.63) is 35.4 Å². The second-order valence-corrected chi connectivity index (χ2v) is 8.76. The summed E-state index contributed by atoms with van der Waals surface area (Å²) in [4.78, 5) is 19.5. The van der Waals surface area contributed by atoms with E-state index in [0.29, 0.717) is 5.69 Å². The van der Waals surface area contributed by atoms with Crippen molar-refractivity contribution < 1.29 is 40.6 Å². The Kier molecular flexibility index (Phi) is 7.47. The van der Waals surface area contributed by atoms with Gasteiger partial charge in [-0.15, -0.1) is 13.2 Å². The maximum atomic E-state index is 14.5. The molecule has 16 heteroatoms. The first kappa shape index (κ1) is 26.5. The van der Waals surface area contributed by atoms with Crippen molar-refractivity contribution >= 4 is 23.5 Å². The molecule has 1 saturated carbocycles. The molecule has 10 nitrogen and oxygen atoms in total. The predicted molar refractivity (Wildman–Crippen MR) is 116 cm³/mol. The van der Waals surface area contributed by atoms with Crippen LogP contribution >= 0.6 is 0 Å². The number of halogens is 6. The van der Waals surface area contributed by atoms with Gasteiger partial charge in [-0.25, -0.2) is 27.9 Å². The van der Waals surface area contributed by atoms with E-state index in [2.05, 4.69) is 35.5 Å². The summed E-state index contributed by atoms with van der Waals surface area (Å²) in [6.45, 7) is 2.56. The van der Waals surface area contributed by atoms with Crippen LogP contribution in [0.5, 0.6) is 0 Å².